The van der Waals surface area contributed by atoms with Crippen LogP contribution in [0.25, 0.3) is 0 Å². The number of anilines is 1. The lowest BCUT2D eigenvalue weighted by Crippen LogP contribution is -2.21. The minimum Gasteiger partial charge on any atom is -0.497 e. The molecule has 0 spiro atoms. The molecule has 2 N–H and O–H groups in total. The van der Waals surface area contributed by atoms with Gasteiger partial charge in [0.1, 0.15) is 5.75 Å². The molecule has 2 aromatic carbocycles. The molecule has 0 radical (unpaired) electrons. The topological polar surface area (TPSA) is 79.8 Å². The summed E-state index contributed by atoms with van der Waals surface area (Å²) >= 11 is 0. The van der Waals surface area contributed by atoms with Crippen molar-refractivity contribution in [2.45, 2.75) is 26.7 Å². The molecule has 0 aliphatic heterocycles. The highest BCUT2D eigenvalue weighted by molar-refractivity contribution is 5.94. The Bertz CT molecular complexity index is 798. The summed E-state index contributed by atoms with van der Waals surface area (Å²) in [5, 5.41) is 6.72. The normalized spacial score (nSPS) is 10.6. The van der Waals surface area contributed by atoms with Gasteiger partial charge >= 0.3 is 0 Å². The first-order valence-corrected chi connectivity index (χ1v) is 8.31. The predicted octanol–water partition coefficient (Wildman–Crippen LogP) is 3.18. The van der Waals surface area contributed by atoms with Gasteiger partial charge in [0.25, 0.3) is 0 Å². The van der Waals surface area contributed by atoms with Crippen LogP contribution in [0.3, 0.4) is 0 Å². The maximum absolute atomic E-state index is 12.0. The Morgan fingerprint density at radius 3 is 2.42 bits per heavy atom. The van der Waals surface area contributed by atoms with Gasteiger partial charge in [-0.3, -0.25) is 9.59 Å². The summed E-state index contributed by atoms with van der Waals surface area (Å²) in [5.74, 6) is 0.236. The van der Waals surface area contributed by atoms with Gasteiger partial charge in [-0.05, 0) is 60.9 Å². The van der Waals surface area contributed by atoms with Gasteiger partial charge < -0.3 is 10.1 Å². The molecule has 0 aliphatic carbocycles. The van der Waals surface area contributed by atoms with E-state index in [2.05, 4.69) is 15.8 Å². The highest BCUT2D eigenvalue weighted by Crippen LogP contribution is 2.18. The van der Waals surface area contributed by atoms with E-state index >= 15 is 0 Å². The SMILES string of the molecule is COc1ccc(C=NNC(=O)CCC(=O)Nc2cccc(C)c2C)cc1. The van der Waals surface area contributed by atoms with Crippen molar-refractivity contribution >= 4 is 23.7 Å². The lowest BCUT2D eigenvalue weighted by atomic mass is 10.1. The molecule has 0 aliphatic rings. The van der Waals surface area contributed by atoms with Crippen molar-refractivity contribution in [3.8, 4) is 5.75 Å². The monoisotopic (exact) mass is 353 g/mol. The number of rotatable bonds is 7. The van der Waals surface area contributed by atoms with Crippen molar-refractivity contribution in [2.24, 2.45) is 5.10 Å². The van der Waals surface area contributed by atoms with Crippen molar-refractivity contribution in [3.05, 3.63) is 59.2 Å². The van der Waals surface area contributed by atoms with E-state index in [1.54, 1.807) is 19.2 Å². The predicted molar refractivity (Wildman–Crippen MR) is 103 cm³/mol. The van der Waals surface area contributed by atoms with E-state index < -0.39 is 0 Å². The number of nitrogens with zero attached hydrogens (tertiary/aromatic N) is 1. The molecule has 0 saturated carbocycles. The quantitative estimate of drug-likeness (QED) is 0.593. The number of aryl methyl sites for hydroxylation is 1. The van der Waals surface area contributed by atoms with E-state index in [0.717, 1.165) is 28.1 Å². The van der Waals surface area contributed by atoms with Gasteiger partial charge in [-0.25, -0.2) is 5.43 Å². The van der Waals surface area contributed by atoms with Gasteiger partial charge in [-0.1, -0.05) is 12.1 Å². The van der Waals surface area contributed by atoms with E-state index in [0.29, 0.717) is 0 Å². The van der Waals surface area contributed by atoms with Crippen LogP contribution >= 0.6 is 0 Å². The third-order valence-corrected chi connectivity index (χ3v) is 3.98. The van der Waals surface area contributed by atoms with Gasteiger partial charge in [0.15, 0.2) is 0 Å². The average Bonchev–Trinajstić information content (AvgIpc) is 2.64. The maximum Gasteiger partial charge on any atom is 0.240 e. The number of hydrogen-bond donors (Lipinski definition) is 2. The minimum absolute atomic E-state index is 0.0661. The van der Waals surface area contributed by atoms with Gasteiger partial charge in [0, 0.05) is 18.5 Å². The van der Waals surface area contributed by atoms with Crippen LogP contribution in [-0.4, -0.2) is 25.1 Å². The second kappa shape index (κ2) is 9.36. The molecule has 26 heavy (non-hydrogen) atoms. The molecule has 0 unspecified atom stereocenters. The van der Waals surface area contributed by atoms with Crippen molar-refractivity contribution in [3.63, 3.8) is 0 Å². The zero-order valence-corrected chi connectivity index (χ0v) is 15.2. The fourth-order valence-electron chi connectivity index (χ4n) is 2.25. The zero-order valence-electron chi connectivity index (χ0n) is 15.2. The molecule has 0 saturated heterocycles. The third-order valence-electron chi connectivity index (χ3n) is 3.98. The number of hydrogen-bond acceptors (Lipinski definition) is 4. The van der Waals surface area contributed by atoms with Crippen molar-refractivity contribution < 1.29 is 14.3 Å². The number of hydrazone groups is 1. The molecule has 0 aromatic heterocycles. The van der Waals surface area contributed by atoms with Crippen LogP contribution < -0.4 is 15.5 Å². The number of nitrogens with one attached hydrogen (secondary N) is 2. The van der Waals surface area contributed by atoms with Gasteiger partial charge in [0.05, 0.1) is 13.3 Å². The number of carbonyl (C=O) groups is 2. The Hall–Kier alpha value is -3.15. The zero-order chi connectivity index (χ0) is 18.9. The summed E-state index contributed by atoms with van der Waals surface area (Å²) in [6.45, 7) is 3.94. The van der Waals surface area contributed by atoms with Crippen LogP contribution in [0.15, 0.2) is 47.6 Å². The first kappa shape index (κ1) is 19.2. The fourth-order valence-corrected chi connectivity index (χ4v) is 2.25. The molecular formula is C20H23N3O3. The molecule has 0 bridgehead atoms. The molecule has 6 nitrogen and oxygen atoms in total. The van der Waals surface area contributed by atoms with Crippen molar-refractivity contribution in [1.29, 1.82) is 0 Å². The summed E-state index contributed by atoms with van der Waals surface area (Å²) in [7, 11) is 1.60. The van der Waals surface area contributed by atoms with E-state index in [4.69, 9.17) is 4.74 Å². The van der Waals surface area contributed by atoms with E-state index in [1.807, 2.05) is 44.2 Å². The maximum atomic E-state index is 12.0. The van der Waals surface area contributed by atoms with Gasteiger partial charge in [-0.2, -0.15) is 5.10 Å². The summed E-state index contributed by atoms with van der Waals surface area (Å²) in [6.07, 6.45) is 1.70. The molecule has 0 fully saturated rings. The van der Waals surface area contributed by atoms with E-state index in [-0.39, 0.29) is 24.7 Å². The highest BCUT2D eigenvalue weighted by atomic mass is 16.5. The largest absolute Gasteiger partial charge is 0.497 e. The van der Waals surface area contributed by atoms with E-state index in [9.17, 15) is 9.59 Å². The first-order chi connectivity index (χ1) is 12.5. The number of ether oxygens (including phenoxy) is 1. The number of amides is 2. The Balaban J connectivity index is 1.76. The average molecular weight is 353 g/mol. The minimum atomic E-state index is -0.314. The van der Waals surface area contributed by atoms with E-state index in [1.165, 1.54) is 6.21 Å². The Labute approximate surface area is 153 Å². The summed E-state index contributed by atoms with van der Waals surface area (Å²) < 4.78 is 5.07. The first-order valence-electron chi connectivity index (χ1n) is 8.31. The Morgan fingerprint density at radius 2 is 1.73 bits per heavy atom. The molecule has 2 rings (SSSR count). The summed E-state index contributed by atoms with van der Waals surface area (Å²) in [4.78, 5) is 23.8. The Kier molecular flexibility index (Phi) is 6.91. The van der Waals surface area contributed by atoms with Crippen LogP contribution in [0.2, 0.25) is 0 Å². The third kappa shape index (κ3) is 5.73. The number of methoxy groups -OCH3 is 1. The Morgan fingerprint density at radius 1 is 1.04 bits per heavy atom. The second-order valence-electron chi connectivity index (χ2n) is 5.86. The number of benzene rings is 2. The standard InChI is InChI=1S/C20H23N3O3/c1-14-5-4-6-18(15(14)2)22-19(24)11-12-20(25)23-21-13-16-7-9-17(26-3)10-8-16/h4-10,13H,11-12H2,1-3H3,(H,22,24)(H,23,25). The van der Waals surface area contributed by atoms with Crippen LogP contribution in [0.4, 0.5) is 5.69 Å². The van der Waals surface area contributed by atoms with Gasteiger partial charge in [0.2, 0.25) is 11.8 Å². The van der Waals surface area contributed by atoms with Crippen LogP contribution in [0.5, 0.6) is 5.75 Å². The molecule has 0 atom stereocenters. The molecular weight excluding hydrogens is 330 g/mol. The van der Waals surface area contributed by atoms with Crippen LogP contribution in [-0.2, 0) is 9.59 Å². The molecule has 0 heterocycles. The number of carbonyl (C=O) groups excluding carboxylic acids is 2. The lowest BCUT2D eigenvalue weighted by molar-refractivity contribution is -0.124. The lowest BCUT2D eigenvalue weighted by Gasteiger charge is -2.10. The smallest absolute Gasteiger partial charge is 0.240 e. The second-order valence-corrected chi connectivity index (χ2v) is 5.86. The molecule has 2 aromatic rings. The van der Waals surface area contributed by atoms with Crippen LogP contribution in [0.1, 0.15) is 29.5 Å². The van der Waals surface area contributed by atoms with Crippen molar-refractivity contribution in [2.75, 3.05) is 12.4 Å². The van der Waals surface area contributed by atoms with Gasteiger partial charge in [-0.15, -0.1) is 0 Å². The molecule has 6 heteroatoms. The summed E-state index contributed by atoms with van der Waals surface area (Å²) in [6, 6.07) is 13.0. The molecule has 136 valence electrons. The van der Waals surface area contributed by atoms with Crippen LogP contribution in [0, 0.1) is 13.8 Å². The fraction of sp³-hybridized carbons (Fsp3) is 0.250. The summed E-state index contributed by atoms with van der Waals surface area (Å²) in [5.41, 5.74) is 6.15. The molecule has 2 amide bonds. The van der Waals surface area contributed by atoms with Crippen molar-refractivity contribution in [1.82, 2.24) is 5.43 Å². The highest BCUT2D eigenvalue weighted by Gasteiger charge is 2.08.